The van der Waals surface area contributed by atoms with Crippen molar-refractivity contribution < 1.29 is 13.2 Å². The van der Waals surface area contributed by atoms with Gasteiger partial charge in [0.15, 0.2) is 0 Å². The molecule has 0 unspecified atom stereocenters. The fourth-order valence-corrected chi connectivity index (χ4v) is 4.11. The first-order chi connectivity index (χ1) is 13.9. The minimum absolute atomic E-state index is 0.0727. The first kappa shape index (κ1) is 20.6. The van der Waals surface area contributed by atoms with Gasteiger partial charge >= 0.3 is 0 Å². The minimum atomic E-state index is -3.77. The molecule has 29 heavy (non-hydrogen) atoms. The molecule has 0 bridgehead atoms. The molecule has 2 aromatic carbocycles. The number of nitrogens with one attached hydrogen (secondary N) is 1. The molecular weight excluding hydrogens is 388 g/mol. The highest BCUT2D eigenvalue weighted by molar-refractivity contribution is 7.92. The van der Waals surface area contributed by atoms with Crippen molar-refractivity contribution in [1.82, 2.24) is 15.1 Å². The molecule has 0 saturated carbocycles. The maximum absolute atomic E-state index is 12.9. The lowest BCUT2D eigenvalue weighted by atomic mass is 10.2. The van der Waals surface area contributed by atoms with E-state index in [1.807, 2.05) is 23.9 Å². The second kappa shape index (κ2) is 8.91. The Balaban J connectivity index is 1.64. The SMILES string of the molecule is Cc1cnn(CCCNC(=O)c2cccc(S(=O)(=O)N(C)c3ccccc3)c2)c1. The monoisotopic (exact) mass is 412 g/mol. The van der Waals surface area contributed by atoms with E-state index in [2.05, 4.69) is 10.4 Å². The summed E-state index contributed by atoms with van der Waals surface area (Å²) < 4.78 is 28.9. The third kappa shape index (κ3) is 5.03. The Hall–Kier alpha value is -3.13. The Kier molecular flexibility index (Phi) is 6.33. The van der Waals surface area contributed by atoms with Gasteiger partial charge < -0.3 is 5.32 Å². The van der Waals surface area contributed by atoms with Gasteiger partial charge in [-0.2, -0.15) is 5.10 Å². The average molecular weight is 413 g/mol. The van der Waals surface area contributed by atoms with Crippen LogP contribution in [0.4, 0.5) is 5.69 Å². The molecule has 3 rings (SSSR count). The van der Waals surface area contributed by atoms with Gasteiger partial charge in [0, 0.05) is 31.9 Å². The van der Waals surface area contributed by atoms with Crippen molar-refractivity contribution >= 4 is 21.6 Å². The normalized spacial score (nSPS) is 11.2. The summed E-state index contributed by atoms with van der Waals surface area (Å²) in [5, 5.41) is 7.03. The first-order valence-electron chi connectivity index (χ1n) is 9.29. The molecule has 7 nitrogen and oxygen atoms in total. The van der Waals surface area contributed by atoms with Crippen molar-refractivity contribution in [3.63, 3.8) is 0 Å². The molecule has 1 heterocycles. The number of nitrogens with zero attached hydrogens (tertiary/aromatic N) is 3. The molecule has 1 amide bonds. The van der Waals surface area contributed by atoms with Gasteiger partial charge in [-0.3, -0.25) is 13.8 Å². The van der Waals surface area contributed by atoms with E-state index >= 15 is 0 Å². The topological polar surface area (TPSA) is 84.3 Å². The Morgan fingerprint density at radius 3 is 2.59 bits per heavy atom. The van der Waals surface area contributed by atoms with Crippen molar-refractivity contribution in [3.05, 3.63) is 78.1 Å². The zero-order valence-electron chi connectivity index (χ0n) is 16.4. The fourth-order valence-electron chi connectivity index (χ4n) is 2.87. The number of anilines is 1. The lowest BCUT2D eigenvalue weighted by Crippen LogP contribution is -2.28. The zero-order valence-corrected chi connectivity index (χ0v) is 17.3. The number of aryl methyl sites for hydroxylation is 2. The smallest absolute Gasteiger partial charge is 0.264 e. The molecule has 0 fully saturated rings. The van der Waals surface area contributed by atoms with Crippen LogP contribution >= 0.6 is 0 Å². The van der Waals surface area contributed by atoms with Gasteiger partial charge in [0.25, 0.3) is 15.9 Å². The van der Waals surface area contributed by atoms with Crippen LogP contribution in [0.15, 0.2) is 71.9 Å². The number of para-hydroxylation sites is 1. The summed E-state index contributed by atoms with van der Waals surface area (Å²) >= 11 is 0. The zero-order chi connectivity index (χ0) is 20.9. The number of hydrogen-bond donors (Lipinski definition) is 1. The van der Waals surface area contributed by atoms with Gasteiger partial charge in [0.2, 0.25) is 0 Å². The average Bonchev–Trinajstić information content (AvgIpc) is 3.16. The highest BCUT2D eigenvalue weighted by Gasteiger charge is 2.22. The van der Waals surface area contributed by atoms with E-state index < -0.39 is 10.0 Å². The molecule has 0 atom stereocenters. The van der Waals surface area contributed by atoms with Crippen molar-refractivity contribution in [2.24, 2.45) is 0 Å². The molecule has 0 radical (unpaired) electrons. The van der Waals surface area contributed by atoms with Crippen LogP contribution in [0.25, 0.3) is 0 Å². The van der Waals surface area contributed by atoms with Crippen LogP contribution in [-0.4, -0.2) is 37.7 Å². The number of carbonyl (C=O) groups is 1. The van der Waals surface area contributed by atoms with Crippen LogP contribution in [0.1, 0.15) is 22.3 Å². The molecular formula is C21H24N4O3S. The Bertz CT molecular complexity index is 1080. The fraction of sp³-hybridized carbons (Fsp3) is 0.238. The molecule has 8 heteroatoms. The van der Waals surface area contributed by atoms with Crippen LogP contribution < -0.4 is 9.62 Å². The maximum Gasteiger partial charge on any atom is 0.264 e. The third-order valence-electron chi connectivity index (χ3n) is 4.49. The van der Waals surface area contributed by atoms with E-state index in [0.29, 0.717) is 24.3 Å². The Morgan fingerprint density at radius 2 is 1.90 bits per heavy atom. The van der Waals surface area contributed by atoms with E-state index in [1.54, 1.807) is 42.6 Å². The second-order valence-electron chi connectivity index (χ2n) is 6.73. The number of sulfonamides is 1. The van der Waals surface area contributed by atoms with E-state index in [-0.39, 0.29) is 10.8 Å². The number of amides is 1. The second-order valence-corrected chi connectivity index (χ2v) is 8.70. The molecule has 0 saturated heterocycles. The summed E-state index contributed by atoms with van der Waals surface area (Å²) in [5.74, 6) is -0.305. The molecule has 0 aliphatic carbocycles. The number of aromatic nitrogens is 2. The quantitative estimate of drug-likeness (QED) is 0.577. The van der Waals surface area contributed by atoms with Gasteiger partial charge in [-0.15, -0.1) is 0 Å². The van der Waals surface area contributed by atoms with Gasteiger partial charge in [-0.1, -0.05) is 24.3 Å². The van der Waals surface area contributed by atoms with E-state index in [4.69, 9.17) is 0 Å². The molecule has 152 valence electrons. The van der Waals surface area contributed by atoms with Crippen LogP contribution in [0.5, 0.6) is 0 Å². The lowest BCUT2D eigenvalue weighted by molar-refractivity contribution is 0.0952. The summed E-state index contributed by atoms with van der Waals surface area (Å²) in [5.41, 5.74) is 1.95. The lowest BCUT2D eigenvalue weighted by Gasteiger charge is -2.19. The Labute approximate surface area is 171 Å². The summed E-state index contributed by atoms with van der Waals surface area (Å²) in [4.78, 5) is 12.5. The number of benzene rings is 2. The van der Waals surface area contributed by atoms with Crippen molar-refractivity contribution in [1.29, 1.82) is 0 Å². The standard InChI is InChI=1S/C21H24N4O3S/c1-17-15-23-25(16-17)13-7-12-22-21(26)18-8-6-11-20(14-18)29(27,28)24(2)19-9-4-3-5-10-19/h3-6,8-11,14-16H,7,12-13H2,1-2H3,(H,22,26). The maximum atomic E-state index is 12.9. The summed E-state index contributed by atoms with van der Waals surface area (Å²) in [6.45, 7) is 3.14. The minimum Gasteiger partial charge on any atom is -0.352 e. The predicted octanol–water partition coefficient (Wildman–Crippen LogP) is 2.84. The summed E-state index contributed by atoms with van der Waals surface area (Å²) in [6.07, 6.45) is 4.46. The van der Waals surface area contributed by atoms with Crippen LogP contribution in [-0.2, 0) is 16.6 Å². The predicted molar refractivity (Wildman–Crippen MR) is 112 cm³/mol. The van der Waals surface area contributed by atoms with Gasteiger partial charge in [0.05, 0.1) is 16.8 Å². The van der Waals surface area contributed by atoms with Crippen LogP contribution in [0, 0.1) is 6.92 Å². The van der Waals surface area contributed by atoms with Crippen LogP contribution in [0.3, 0.4) is 0 Å². The first-order valence-corrected chi connectivity index (χ1v) is 10.7. The van der Waals surface area contributed by atoms with E-state index in [1.165, 1.54) is 23.5 Å². The van der Waals surface area contributed by atoms with E-state index in [9.17, 15) is 13.2 Å². The van der Waals surface area contributed by atoms with Crippen molar-refractivity contribution in [2.45, 2.75) is 24.8 Å². The number of hydrogen-bond acceptors (Lipinski definition) is 4. The van der Waals surface area contributed by atoms with Crippen LogP contribution in [0.2, 0.25) is 0 Å². The summed E-state index contributed by atoms with van der Waals surface area (Å²) in [6, 6.07) is 14.9. The molecule has 0 aliphatic rings. The molecule has 1 N–H and O–H groups in total. The third-order valence-corrected chi connectivity index (χ3v) is 6.27. The van der Waals surface area contributed by atoms with Crippen molar-refractivity contribution in [2.75, 3.05) is 17.9 Å². The highest BCUT2D eigenvalue weighted by Crippen LogP contribution is 2.22. The number of rotatable bonds is 8. The van der Waals surface area contributed by atoms with Gasteiger partial charge in [0.1, 0.15) is 0 Å². The summed E-state index contributed by atoms with van der Waals surface area (Å²) in [7, 11) is -2.27. The van der Waals surface area contributed by atoms with Gasteiger partial charge in [-0.05, 0) is 49.2 Å². The molecule has 0 spiro atoms. The largest absolute Gasteiger partial charge is 0.352 e. The molecule has 1 aromatic heterocycles. The number of carbonyl (C=O) groups excluding carboxylic acids is 1. The molecule has 3 aromatic rings. The molecule has 0 aliphatic heterocycles. The van der Waals surface area contributed by atoms with Gasteiger partial charge in [-0.25, -0.2) is 8.42 Å². The highest BCUT2D eigenvalue weighted by atomic mass is 32.2. The van der Waals surface area contributed by atoms with E-state index in [0.717, 1.165) is 12.0 Å². The van der Waals surface area contributed by atoms with Crippen molar-refractivity contribution in [3.8, 4) is 0 Å². The Morgan fingerprint density at radius 1 is 1.14 bits per heavy atom.